The van der Waals surface area contributed by atoms with Crippen molar-refractivity contribution >= 4 is 0 Å². The van der Waals surface area contributed by atoms with E-state index in [1.165, 1.54) is 0 Å². The van der Waals surface area contributed by atoms with Crippen LogP contribution in [0.25, 0.3) is 0 Å². The van der Waals surface area contributed by atoms with Crippen molar-refractivity contribution in [3.8, 4) is 0 Å². The summed E-state index contributed by atoms with van der Waals surface area (Å²) in [6, 6.07) is 0. The average Bonchev–Trinajstić information content (AvgIpc) is 1.39. The Morgan fingerprint density at radius 3 is 0.667 bits per heavy atom. The van der Waals surface area contributed by atoms with Crippen LogP contribution in [0.4, 0.5) is 0 Å². The van der Waals surface area contributed by atoms with E-state index in [1.807, 2.05) is 13.8 Å². The molecular formula is C10H26Y2. The van der Waals surface area contributed by atoms with Crippen molar-refractivity contribution in [3.63, 3.8) is 0 Å². The van der Waals surface area contributed by atoms with Gasteiger partial charge >= 0.3 is 65.4 Å². The molecule has 0 saturated carbocycles. The van der Waals surface area contributed by atoms with Crippen LogP contribution in [0.1, 0.15) is 26.7 Å². The number of hydrogen-bond donors (Lipinski definition) is 0. The Hall–Kier alpha value is 2.21. The van der Waals surface area contributed by atoms with Gasteiger partial charge in [-0.25, -0.2) is 0 Å². The van der Waals surface area contributed by atoms with Gasteiger partial charge in [0.15, 0.2) is 0 Å². The molecule has 72 valence electrons. The molecule has 0 aliphatic carbocycles. The van der Waals surface area contributed by atoms with E-state index in [4.69, 9.17) is 0 Å². The summed E-state index contributed by atoms with van der Waals surface area (Å²) in [4.78, 5) is 0. The zero-order valence-corrected chi connectivity index (χ0v) is 15.7. The van der Waals surface area contributed by atoms with E-state index in [9.17, 15) is 0 Å². The van der Waals surface area contributed by atoms with E-state index in [0.717, 1.165) is 12.8 Å². The van der Waals surface area contributed by atoms with Crippen LogP contribution in [0, 0.1) is 43.6 Å². The van der Waals surface area contributed by atoms with Gasteiger partial charge in [0.05, 0.1) is 0 Å². The zero-order chi connectivity index (χ0) is 5.41. The van der Waals surface area contributed by atoms with E-state index in [-0.39, 0.29) is 95.1 Å². The monoisotopic (exact) mass is 324 g/mol. The summed E-state index contributed by atoms with van der Waals surface area (Å²) in [5.41, 5.74) is 0. The van der Waals surface area contributed by atoms with E-state index in [0.29, 0.717) is 0 Å². The SMILES string of the molecule is [CH2-]CC.[CH2-]CC.[CH3-].[CH3-].[CH3-].[CH3-].[Y+3].[Y+3]. The van der Waals surface area contributed by atoms with Gasteiger partial charge in [-0.15, -0.1) is 0 Å². The Labute approximate surface area is 134 Å². The van der Waals surface area contributed by atoms with Crippen molar-refractivity contribution in [2.24, 2.45) is 0 Å². The Kier molecular flexibility index (Phi) is 596. The molecule has 0 unspecified atom stereocenters. The first-order valence-electron chi connectivity index (χ1n) is 2.41. The normalized spacial score (nSPS) is 3.00. The summed E-state index contributed by atoms with van der Waals surface area (Å²) >= 11 is 0. The minimum Gasteiger partial charge on any atom is -0.358 e. The molecule has 0 aromatic heterocycles. The molecule has 0 N–H and O–H groups in total. The Morgan fingerprint density at radius 2 is 0.667 bits per heavy atom. The van der Waals surface area contributed by atoms with Crippen molar-refractivity contribution < 1.29 is 65.4 Å². The first-order chi connectivity index (χ1) is 2.83. The molecule has 0 aromatic rings. The molecule has 0 heterocycles. The fraction of sp³-hybridized carbons (Fsp3) is 0.400. The molecule has 0 nitrogen and oxygen atoms in total. The maximum atomic E-state index is 3.49. The van der Waals surface area contributed by atoms with Crippen LogP contribution in [0.15, 0.2) is 0 Å². The molecule has 0 aliphatic rings. The summed E-state index contributed by atoms with van der Waals surface area (Å²) in [5, 5.41) is 0. The molecule has 0 bridgehead atoms. The molecule has 0 fully saturated rings. The van der Waals surface area contributed by atoms with E-state index < -0.39 is 0 Å². The van der Waals surface area contributed by atoms with Gasteiger partial charge in [0.1, 0.15) is 0 Å². The Bertz CT molecular complexity index is 9.80. The zero-order valence-electron chi connectivity index (χ0n) is 9.98. The summed E-state index contributed by atoms with van der Waals surface area (Å²) in [7, 11) is 0. The molecule has 12 heavy (non-hydrogen) atoms. The average molecular weight is 324 g/mol. The standard InChI is InChI=1S/2C3H7.4CH3.2Y/c2*1-3-2;;;;;;/h2*1,3H2,2H3;4*1H3;;/q6*-1;2*+3. The quantitative estimate of drug-likeness (QED) is 0.584. The Morgan fingerprint density at radius 1 is 0.667 bits per heavy atom. The number of rotatable bonds is 0. The molecule has 0 amide bonds. The van der Waals surface area contributed by atoms with Gasteiger partial charge in [0.25, 0.3) is 0 Å². The van der Waals surface area contributed by atoms with Crippen LogP contribution in [0.2, 0.25) is 0 Å². The second kappa shape index (κ2) is 111. The summed E-state index contributed by atoms with van der Waals surface area (Å²) in [5.74, 6) is 0. The molecule has 0 aromatic carbocycles. The smallest absolute Gasteiger partial charge is 0.358 e. The van der Waals surface area contributed by atoms with Crippen molar-refractivity contribution in [2.75, 3.05) is 0 Å². The van der Waals surface area contributed by atoms with Gasteiger partial charge in [0, 0.05) is 0 Å². The third kappa shape index (κ3) is 315. The number of hydrogen-bond acceptors (Lipinski definition) is 0. The van der Waals surface area contributed by atoms with E-state index in [2.05, 4.69) is 13.8 Å². The van der Waals surface area contributed by atoms with Gasteiger partial charge in [-0.1, -0.05) is 13.8 Å². The second-order valence-electron chi connectivity index (χ2n) is 1.000. The molecule has 0 saturated heterocycles. The molecule has 0 atom stereocenters. The van der Waals surface area contributed by atoms with Gasteiger partial charge in [-0.2, -0.15) is 12.8 Å². The van der Waals surface area contributed by atoms with Gasteiger partial charge < -0.3 is 43.6 Å². The van der Waals surface area contributed by atoms with Gasteiger partial charge in [-0.05, 0) is 0 Å². The van der Waals surface area contributed by atoms with Gasteiger partial charge in [0.2, 0.25) is 0 Å². The molecule has 2 heteroatoms. The van der Waals surface area contributed by atoms with Crippen molar-refractivity contribution in [2.45, 2.75) is 26.7 Å². The maximum absolute atomic E-state index is 3.49. The van der Waals surface area contributed by atoms with Crippen molar-refractivity contribution in [1.82, 2.24) is 0 Å². The second-order valence-corrected chi connectivity index (χ2v) is 1.000. The minimum absolute atomic E-state index is 0. The largest absolute Gasteiger partial charge is 3.00 e. The van der Waals surface area contributed by atoms with Crippen LogP contribution >= 0.6 is 0 Å². The third-order valence-corrected chi connectivity index (χ3v) is 0. The molecular weight excluding hydrogens is 298 g/mol. The van der Waals surface area contributed by atoms with Gasteiger partial charge in [-0.3, -0.25) is 0 Å². The van der Waals surface area contributed by atoms with Crippen LogP contribution < -0.4 is 0 Å². The van der Waals surface area contributed by atoms with E-state index in [1.54, 1.807) is 0 Å². The maximum Gasteiger partial charge on any atom is 3.00 e. The summed E-state index contributed by atoms with van der Waals surface area (Å²) in [6.45, 7) is 11.0. The molecule has 0 spiro atoms. The molecule has 0 aliphatic heterocycles. The first-order valence-corrected chi connectivity index (χ1v) is 2.41. The minimum atomic E-state index is 0. The first kappa shape index (κ1) is 64.3. The van der Waals surface area contributed by atoms with Crippen LogP contribution in [0.5, 0.6) is 0 Å². The molecule has 0 rings (SSSR count). The predicted molar refractivity (Wildman–Crippen MR) is 57.0 cm³/mol. The summed E-state index contributed by atoms with van der Waals surface area (Å²) in [6.07, 6.45) is 2.00. The topological polar surface area (TPSA) is 0 Å². The fourth-order valence-corrected chi connectivity index (χ4v) is 0. The fourth-order valence-electron chi connectivity index (χ4n) is 0. The summed E-state index contributed by atoms with van der Waals surface area (Å²) < 4.78 is 0. The third-order valence-electron chi connectivity index (χ3n) is 0. The van der Waals surface area contributed by atoms with E-state index >= 15 is 0 Å². The Balaban J connectivity index is -0.00000000296. The van der Waals surface area contributed by atoms with Crippen LogP contribution in [-0.4, -0.2) is 0 Å². The van der Waals surface area contributed by atoms with Crippen LogP contribution in [0.3, 0.4) is 0 Å². The van der Waals surface area contributed by atoms with Crippen molar-refractivity contribution in [1.29, 1.82) is 0 Å². The van der Waals surface area contributed by atoms with Crippen molar-refractivity contribution in [3.05, 3.63) is 43.6 Å². The van der Waals surface area contributed by atoms with Crippen LogP contribution in [-0.2, 0) is 65.4 Å². The molecule has 0 radical (unpaired) electrons. The predicted octanol–water partition coefficient (Wildman–Crippen LogP) is 4.26.